The Balaban J connectivity index is 1.47. The summed E-state index contributed by atoms with van der Waals surface area (Å²) in [6.07, 6.45) is 0.870. The van der Waals surface area contributed by atoms with E-state index in [4.69, 9.17) is 4.74 Å². The first kappa shape index (κ1) is 16.7. The van der Waals surface area contributed by atoms with Crippen molar-refractivity contribution in [1.82, 2.24) is 10.2 Å². The number of fused-ring (bicyclic) bond motifs is 1. The lowest BCUT2D eigenvalue weighted by Gasteiger charge is -2.24. The van der Waals surface area contributed by atoms with Gasteiger partial charge in [0.15, 0.2) is 0 Å². The van der Waals surface area contributed by atoms with Gasteiger partial charge in [-0.25, -0.2) is 4.79 Å². The minimum absolute atomic E-state index is 0.179. The fraction of sp³-hybridized carbons (Fsp3) is 0.611. The average molecular weight is 334 g/mol. The monoisotopic (exact) mass is 334 g/mol. The van der Waals surface area contributed by atoms with Crippen molar-refractivity contribution >= 4 is 17.9 Å². The van der Waals surface area contributed by atoms with Crippen molar-refractivity contribution in [3.63, 3.8) is 0 Å². The summed E-state index contributed by atoms with van der Waals surface area (Å²) in [6, 6.07) is 9.06. The van der Waals surface area contributed by atoms with Gasteiger partial charge in [-0.15, -0.1) is 11.8 Å². The number of nitrogens with one attached hydrogen (secondary N) is 1. The zero-order valence-corrected chi connectivity index (χ0v) is 15.0. The highest BCUT2D eigenvalue weighted by Crippen LogP contribution is 2.37. The van der Waals surface area contributed by atoms with Gasteiger partial charge in [-0.05, 0) is 44.7 Å². The van der Waals surface area contributed by atoms with Crippen molar-refractivity contribution in [1.29, 1.82) is 0 Å². The van der Waals surface area contributed by atoms with Crippen LogP contribution in [0.15, 0.2) is 29.2 Å². The summed E-state index contributed by atoms with van der Waals surface area (Å²) in [4.78, 5) is 15.3. The van der Waals surface area contributed by atoms with E-state index < -0.39 is 5.60 Å². The normalized spacial score (nSPS) is 23.9. The Morgan fingerprint density at radius 2 is 2.17 bits per heavy atom. The molecule has 1 aromatic carbocycles. The molecule has 0 radical (unpaired) electrons. The minimum atomic E-state index is -0.418. The van der Waals surface area contributed by atoms with E-state index in [1.165, 1.54) is 10.5 Å². The van der Waals surface area contributed by atoms with Gasteiger partial charge < -0.3 is 15.0 Å². The lowest BCUT2D eigenvalue weighted by Crippen LogP contribution is -2.36. The highest BCUT2D eigenvalue weighted by Gasteiger charge is 2.30. The van der Waals surface area contributed by atoms with Crippen LogP contribution in [0.4, 0.5) is 4.79 Å². The third kappa shape index (κ3) is 4.21. The molecular formula is C18H26N2O2S. The maximum Gasteiger partial charge on any atom is 0.410 e. The number of rotatable bonds is 3. The second-order valence-electron chi connectivity index (χ2n) is 7.39. The zero-order valence-electron chi connectivity index (χ0n) is 14.2. The number of thioether (sulfide) groups is 1. The number of ether oxygens (including phenoxy) is 1. The minimum Gasteiger partial charge on any atom is -0.444 e. The molecule has 0 aromatic heterocycles. The molecule has 4 nitrogen and oxygen atoms in total. The summed E-state index contributed by atoms with van der Waals surface area (Å²) in [5, 5.41) is 3.69. The Bertz CT molecular complexity index is 570. The van der Waals surface area contributed by atoms with Crippen LogP contribution in [-0.4, -0.2) is 42.0 Å². The van der Waals surface area contributed by atoms with Crippen molar-refractivity contribution in [2.75, 3.05) is 25.4 Å². The van der Waals surface area contributed by atoms with Gasteiger partial charge in [0.1, 0.15) is 5.60 Å². The maximum absolute atomic E-state index is 12.1. The second-order valence-corrected chi connectivity index (χ2v) is 8.45. The third-order valence-corrected chi connectivity index (χ3v) is 5.47. The van der Waals surface area contributed by atoms with E-state index in [2.05, 4.69) is 29.6 Å². The Morgan fingerprint density at radius 3 is 2.96 bits per heavy atom. The highest BCUT2D eigenvalue weighted by atomic mass is 32.2. The zero-order chi connectivity index (χ0) is 16.4. The highest BCUT2D eigenvalue weighted by molar-refractivity contribution is 7.99. The van der Waals surface area contributed by atoms with Crippen LogP contribution >= 0.6 is 11.8 Å². The molecule has 23 heavy (non-hydrogen) atoms. The van der Waals surface area contributed by atoms with Gasteiger partial charge in [-0.3, -0.25) is 0 Å². The summed E-state index contributed by atoms with van der Waals surface area (Å²) < 4.78 is 5.46. The number of amides is 1. The smallest absolute Gasteiger partial charge is 0.410 e. The van der Waals surface area contributed by atoms with Crippen molar-refractivity contribution in [3.05, 3.63) is 29.8 Å². The number of carbonyl (C=O) groups is 1. The number of hydrogen-bond acceptors (Lipinski definition) is 4. The largest absolute Gasteiger partial charge is 0.444 e. The first-order chi connectivity index (χ1) is 10.9. The molecule has 0 aliphatic carbocycles. The summed E-state index contributed by atoms with van der Waals surface area (Å²) >= 11 is 1.92. The third-order valence-electron chi connectivity index (χ3n) is 4.29. The van der Waals surface area contributed by atoms with Gasteiger partial charge >= 0.3 is 6.09 Å². The van der Waals surface area contributed by atoms with Gasteiger partial charge in [-0.1, -0.05) is 18.2 Å². The van der Waals surface area contributed by atoms with E-state index >= 15 is 0 Å². The van der Waals surface area contributed by atoms with E-state index in [1.807, 2.05) is 37.4 Å². The van der Waals surface area contributed by atoms with Crippen molar-refractivity contribution in [2.45, 2.75) is 43.7 Å². The SMILES string of the molecule is CC(C)(C)OC(=O)N1CCC(CNC2CSc3ccccc32)C1. The second kappa shape index (κ2) is 6.73. The summed E-state index contributed by atoms with van der Waals surface area (Å²) in [5.41, 5.74) is 0.998. The molecular weight excluding hydrogens is 308 g/mol. The Kier molecular flexibility index (Phi) is 4.87. The van der Waals surface area contributed by atoms with E-state index in [0.29, 0.717) is 12.0 Å². The molecule has 0 saturated carbocycles. The van der Waals surface area contributed by atoms with E-state index in [0.717, 1.165) is 31.8 Å². The Morgan fingerprint density at radius 1 is 1.39 bits per heavy atom. The van der Waals surface area contributed by atoms with E-state index in [9.17, 15) is 4.79 Å². The maximum atomic E-state index is 12.1. The first-order valence-corrected chi connectivity index (χ1v) is 9.34. The first-order valence-electron chi connectivity index (χ1n) is 8.35. The van der Waals surface area contributed by atoms with Crippen LogP contribution in [0.3, 0.4) is 0 Å². The number of hydrogen-bond donors (Lipinski definition) is 1. The van der Waals surface area contributed by atoms with Gasteiger partial charge in [-0.2, -0.15) is 0 Å². The van der Waals surface area contributed by atoms with Gasteiger partial charge in [0, 0.05) is 36.3 Å². The number of nitrogens with zero attached hydrogens (tertiary/aromatic N) is 1. The predicted octanol–water partition coefficient (Wildman–Crippen LogP) is 3.68. The molecule has 0 bridgehead atoms. The summed E-state index contributed by atoms with van der Waals surface area (Å²) in [6.45, 7) is 8.29. The van der Waals surface area contributed by atoms with Crippen LogP contribution in [0.25, 0.3) is 0 Å². The predicted molar refractivity (Wildman–Crippen MR) is 93.8 cm³/mol. The summed E-state index contributed by atoms with van der Waals surface area (Å²) in [7, 11) is 0. The number of carbonyl (C=O) groups excluding carboxylic acids is 1. The van der Waals surface area contributed by atoms with Crippen LogP contribution < -0.4 is 5.32 Å². The standard InChI is InChI=1S/C18H26N2O2S/c1-18(2,3)22-17(21)20-9-8-13(11-20)10-19-15-12-23-16-7-5-4-6-14(15)16/h4-7,13,15,19H,8-12H2,1-3H3. The van der Waals surface area contributed by atoms with Gasteiger partial charge in [0.2, 0.25) is 0 Å². The van der Waals surface area contributed by atoms with Crippen molar-refractivity contribution in [2.24, 2.45) is 5.92 Å². The fourth-order valence-electron chi connectivity index (χ4n) is 3.13. The Hall–Kier alpha value is -1.20. The number of benzene rings is 1. The van der Waals surface area contributed by atoms with Gasteiger partial charge in [0.25, 0.3) is 0 Å². The van der Waals surface area contributed by atoms with Crippen LogP contribution in [0.1, 0.15) is 38.8 Å². The quantitative estimate of drug-likeness (QED) is 0.915. The molecule has 3 rings (SSSR count). The molecule has 1 amide bonds. The molecule has 5 heteroatoms. The molecule has 2 heterocycles. The molecule has 1 saturated heterocycles. The molecule has 1 N–H and O–H groups in total. The number of likely N-dealkylation sites (tertiary alicyclic amines) is 1. The molecule has 1 fully saturated rings. The van der Waals surface area contributed by atoms with Gasteiger partial charge in [0.05, 0.1) is 0 Å². The molecule has 2 unspecified atom stereocenters. The lowest BCUT2D eigenvalue weighted by molar-refractivity contribution is 0.0288. The summed E-state index contributed by atoms with van der Waals surface area (Å²) in [5.74, 6) is 1.61. The van der Waals surface area contributed by atoms with E-state index in [-0.39, 0.29) is 6.09 Å². The van der Waals surface area contributed by atoms with Crippen molar-refractivity contribution in [3.8, 4) is 0 Å². The van der Waals surface area contributed by atoms with E-state index in [1.54, 1.807) is 0 Å². The molecule has 0 spiro atoms. The fourth-order valence-corrected chi connectivity index (χ4v) is 4.33. The van der Waals surface area contributed by atoms with Crippen LogP contribution in [-0.2, 0) is 4.74 Å². The molecule has 2 aliphatic rings. The molecule has 2 atom stereocenters. The average Bonchev–Trinajstić information content (AvgIpc) is 3.10. The molecule has 126 valence electrons. The topological polar surface area (TPSA) is 41.6 Å². The molecule has 1 aromatic rings. The van der Waals surface area contributed by atoms with Crippen LogP contribution in [0.2, 0.25) is 0 Å². The Labute approximate surface area is 143 Å². The molecule has 2 aliphatic heterocycles. The van der Waals surface area contributed by atoms with Crippen LogP contribution in [0, 0.1) is 5.92 Å². The van der Waals surface area contributed by atoms with Crippen molar-refractivity contribution < 1.29 is 9.53 Å². The van der Waals surface area contributed by atoms with Crippen LogP contribution in [0.5, 0.6) is 0 Å². The lowest BCUT2D eigenvalue weighted by atomic mass is 10.1.